The Kier molecular flexibility index (Phi) is 4.24. The van der Waals surface area contributed by atoms with Gasteiger partial charge in [0.2, 0.25) is 0 Å². The van der Waals surface area contributed by atoms with E-state index in [1.54, 1.807) is 12.2 Å². The number of rotatable bonds is 0. The minimum Gasteiger partial charge on any atom is -0.289 e. The molecule has 0 aromatic heterocycles. The van der Waals surface area contributed by atoms with Crippen molar-refractivity contribution in [2.75, 3.05) is 0 Å². The van der Waals surface area contributed by atoms with Crippen molar-refractivity contribution < 1.29 is 4.79 Å². The summed E-state index contributed by atoms with van der Waals surface area (Å²) in [6.45, 7) is 1.85. The molecule has 0 radical (unpaired) electrons. The molecule has 0 saturated carbocycles. The summed E-state index contributed by atoms with van der Waals surface area (Å²) in [5.74, 6) is 4.72. The lowest BCUT2D eigenvalue weighted by atomic mass is 10.5. The minimum atomic E-state index is 0.569. The standard InChI is InChI=1S/C6H6O/c1-2-3-4-5-6-7/h2-3,6H,1H3/b3-2-. The van der Waals surface area contributed by atoms with Gasteiger partial charge in [-0.25, -0.2) is 0 Å². The molecule has 0 spiro atoms. The van der Waals surface area contributed by atoms with E-state index in [4.69, 9.17) is 0 Å². The molecular formula is C6H6O. The van der Waals surface area contributed by atoms with Crippen LogP contribution in [0.25, 0.3) is 0 Å². The highest BCUT2D eigenvalue weighted by atomic mass is 16.1. The Labute approximate surface area is 43.0 Å². The zero-order valence-electron chi connectivity index (χ0n) is 4.14. The van der Waals surface area contributed by atoms with Gasteiger partial charge in [0.1, 0.15) is 0 Å². The van der Waals surface area contributed by atoms with Crippen LogP contribution in [0.5, 0.6) is 0 Å². The molecule has 36 valence electrons. The molecule has 0 rings (SSSR count). The van der Waals surface area contributed by atoms with E-state index in [0.717, 1.165) is 0 Å². The monoisotopic (exact) mass is 94.0 g/mol. The highest BCUT2D eigenvalue weighted by Crippen LogP contribution is 1.61. The summed E-state index contributed by atoms with van der Waals surface area (Å²) in [6.07, 6.45) is 3.96. The molecule has 0 heterocycles. The van der Waals surface area contributed by atoms with Crippen molar-refractivity contribution in [1.82, 2.24) is 0 Å². The second-order valence-corrected chi connectivity index (χ2v) is 0.907. The summed E-state index contributed by atoms with van der Waals surface area (Å²) in [6, 6.07) is 0. The summed E-state index contributed by atoms with van der Waals surface area (Å²) in [4.78, 5) is 9.47. The summed E-state index contributed by atoms with van der Waals surface area (Å²) >= 11 is 0. The van der Waals surface area contributed by atoms with Crippen molar-refractivity contribution in [1.29, 1.82) is 0 Å². The molecule has 7 heavy (non-hydrogen) atoms. The van der Waals surface area contributed by atoms with Crippen LogP contribution in [0.3, 0.4) is 0 Å². The second-order valence-electron chi connectivity index (χ2n) is 0.907. The molecule has 0 aliphatic carbocycles. The summed E-state index contributed by atoms with van der Waals surface area (Å²) in [5.41, 5.74) is 0. The molecule has 0 fully saturated rings. The molecule has 0 unspecified atom stereocenters. The van der Waals surface area contributed by atoms with Crippen LogP contribution in [0.15, 0.2) is 12.2 Å². The first-order chi connectivity index (χ1) is 3.41. The van der Waals surface area contributed by atoms with Crippen molar-refractivity contribution in [2.45, 2.75) is 6.92 Å². The summed E-state index contributed by atoms with van der Waals surface area (Å²) < 4.78 is 0. The Hall–Kier alpha value is -1.03. The number of hydrogen-bond acceptors (Lipinski definition) is 1. The van der Waals surface area contributed by atoms with Crippen LogP contribution in [-0.4, -0.2) is 6.29 Å². The van der Waals surface area contributed by atoms with Gasteiger partial charge in [-0.1, -0.05) is 12.0 Å². The first kappa shape index (κ1) is 5.97. The molecular weight excluding hydrogens is 88.1 g/mol. The molecule has 0 aromatic carbocycles. The summed E-state index contributed by atoms with van der Waals surface area (Å²) in [5, 5.41) is 0. The van der Waals surface area contributed by atoms with Gasteiger partial charge in [0.25, 0.3) is 0 Å². The quantitative estimate of drug-likeness (QED) is 0.320. The van der Waals surface area contributed by atoms with Crippen molar-refractivity contribution in [3.63, 3.8) is 0 Å². The van der Waals surface area contributed by atoms with Crippen LogP contribution in [-0.2, 0) is 4.79 Å². The van der Waals surface area contributed by atoms with Crippen LogP contribution in [0.1, 0.15) is 6.92 Å². The maximum atomic E-state index is 9.47. The van der Waals surface area contributed by atoms with Gasteiger partial charge in [-0.15, -0.1) is 0 Å². The van der Waals surface area contributed by atoms with Gasteiger partial charge in [-0.05, 0) is 18.9 Å². The average Bonchev–Trinajstić information content (AvgIpc) is 1.69. The third-order valence-corrected chi connectivity index (χ3v) is 0.392. The first-order valence-corrected chi connectivity index (χ1v) is 1.97. The van der Waals surface area contributed by atoms with Crippen molar-refractivity contribution in [3.8, 4) is 11.8 Å². The topological polar surface area (TPSA) is 17.1 Å². The first-order valence-electron chi connectivity index (χ1n) is 1.97. The fourth-order valence-electron chi connectivity index (χ4n) is 0.165. The lowest BCUT2D eigenvalue weighted by Crippen LogP contribution is -1.54. The van der Waals surface area contributed by atoms with Crippen LogP contribution < -0.4 is 0 Å². The number of aldehydes is 1. The molecule has 0 aliphatic heterocycles. The fraction of sp³-hybridized carbons (Fsp3) is 0.167. The zero-order valence-corrected chi connectivity index (χ0v) is 4.14. The largest absolute Gasteiger partial charge is 0.289 e. The number of hydrogen-bond donors (Lipinski definition) is 0. The normalized spacial score (nSPS) is 7.57. The van der Waals surface area contributed by atoms with Crippen LogP contribution >= 0.6 is 0 Å². The van der Waals surface area contributed by atoms with Gasteiger partial charge >= 0.3 is 0 Å². The van der Waals surface area contributed by atoms with E-state index in [1.807, 2.05) is 6.92 Å². The highest BCUT2D eigenvalue weighted by Gasteiger charge is 1.51. The van der Waals surface area contributed by atoms with E-state index >= 15 is 0 Å². The van der Waals surface area contributed by atoms with Gasteiger partial charge in [0.05, 0.1) is 0 Å². The maximum absolute atomic E-state index is 9.47. The van der Waals surface area contributed by atoms with Crippen LogP contribution in [0.4, 0.5) is 0 Å². The van der Waals surface area contributed by atoms with E-state index in [9.17, 15) is 4.79 Å². The van der Waals surface area contributed by atoms with Crippen molar-refractivity contribution in [2.24, 2.45) is 0 Å². The SMILES string of the molecule is C/C=C\C#CC=O. The van der Waals surface area contributed by atoms with Crippen LogP contribution in [0.2, 0.25) is 0 Å². The minimum absolute atomic E-state index is 0.569. The lowest BCUT2D eigenvalue weighted by molar-refractivity contribution is -0.103. The molecule has 0 amide bonds. The number of allylic oxidation sites excluding steroid dienone is 2. The van der Waals surface area contributed by atoms with Gasteiger partial charge in [0.15, 0.2) is 6.29 Å². The summed E-state index contributed by atoms with van der Waals surface area (Å²) in [7, 11) is 0. The van der Waals surface area contributed by atoms with Gasteiger partial charge < -0.3 is 0 Å². The molecule has 0 aromatic rings. The number of carbonyl (C=O) groups excluding carboxylic acids is 1. The Bertz CT molecular complexity index is 123. The molecule has 1 heteroatoms. The average molecular weight is 94.1 g/mol. The predicted octanol–water partition coefficient (Wildman–Crippen LogP) is 0.765. The highest BCUT2D eigenvalue weighted by molar-refractivity contribution is 5.73. The third-order valence-electron chi connectivity index (χ3n) is 0.392. The van der Waals surface area contributed by atoms with Crippen molar-refractivity contribution in [3.05, 3.63) is 12.2 Å². The Morgan fingerprint density at radius 2 is 2.14 bits per heavy atom. The maximum Gasteiger partial charge on any atom is 0.193 e. The molecule has 0 atom stereocenters. The van der Waals surface area contributed by atoms with Crippen molar-refractivity contribution >= 4 is 6.29 Å². The molecule has 0 bridgehead atoms. The third kappa shape index (κ3) is 4.97. The van der Waals surface area contributed by atoms with E-state index in [0.29, 0.717) is 6.29 Å². The molecule has 0 aliphatic rings. The Morgan fingerprint density at radius 3 is 2.57 bits per heavy atom. The number of carbonyl (C=O) groups is 1. The molecule has 0 saturated heterocycles. The van der Waals surface area contributed by atoms with Gasteiger partial charge in [0, 0.05) is 0 Å². The van der Waals surface area contributed by atoms with Gasteiger partial charge in [-0.2, -0.15) is 0 Å². The van der Waals surface area contributed by atoms with Gasteiger partial charge in [-0.3, -0.25) is 4.79 Å². The van der Waals surface area contributed by atoms with E-state index in [1.165, 1.54) is 0 Å². The Balaban J connectivity index is 3.45. The smallest absolute Gasteiger partial charge is 0.193 e. The lowest BCUT2D eigenvalue weighted by Gasteiger charge is -1.56. The van der Waals surface area contributed by atoms with E-state index in [2.05, 4.69) is 11.8 Å². The zero-order chi connectivity index (χ0) is 5.54. The molecule has 0 N–H and O–H groups in total. The second kappa shape index (κ2) is 4.97. The van der Waals surface area contributed by atoms with E-state index in [-0.39, 0.29) is 0 Å². The van der Waals surface area contributed by atoms with Crippen LogP contribution in [0, 0.1) is 11.8 Å². The Morgan fingerprint density at radius 1 is 1.43 bits per heavy atom. The predicted molar refractivity (Wildman–Crippen MR) is 28.7 cm³/mol. The fourth-order valence-corrected chi connectivity index (χ4v) is 0.165. The van der Waals surface area contributed by atoms with E-state index < -0.39 is 0 Å². The molecule has 1 nitrogen and oxygen atoms in total.